The molecule has 0 saturated heterocycles. The predicted molar refractivity (Wildman–Crippen MR) is 87.2 cm³/mol. The van der Waals surface area contributed by atoms with Crippen LogP contribution in [0.15, 0.2) is 48.5 Å². The molecule has 0 aliphatic carbocycles. The molecule has 0 nitrogen and oxygen atoms in total. The van der Waals surface area contributed by atoms with E-state index in [0.717, 1.165) is 0 Å². The summed E-state index contributed by atoms with van der Waals surface area (Å²) in [4.78, 5) is 1.44. The lowest BCUT2D eigenvalue weighted by Gasteiger charge is -1.93. The lowest BCUT2D eigenvalue weighted by Crippen LogP contribution is -1.74. The van der Waals surface area contributed by atoms with E-state index in [4.69, 9.17) is 0 Å². The van der Waals surface area contributed by atoms with E-state index in [1.54, 1.807) is 0 Å². The predicted octanol–water partition coefficient (Wildman–Crippen LogP) is 5.82. The number of rotatable bonds is 0. The highest BCUT2D eigenvalue weighted by Crippen LogP contribution is 2.29. The molecule has 0 amide bonds. The molecule has 98 valence electrons. The summed E-state index contributed by atoms with van der Waals surface area (Å²) < 4.78 is 1.41. The Morgan fingerprint density at radius 2 is 1.21 bits per heavy atom. The number of hydrogen-bond donors (Lipinski definition) is 0. The van der Waals surface area contributed by atoms with Crippen LogP contribution < -0.4 is 0 Å². The van der Waals surface area contributed by atoms with E-state index in [-0.39, 0.29) is 0 Å². The summed E-state index contributed by atoms with van der Waals surface area (Å²) in [5.74, 6) is 0. The molecule has 0 fully saturated rings. The Morgan fingerprint density at radius 1 is 0.684 bits per heavy atom. The normalized spacial score (nSPS) is 10.1. The van der Waals surface area contributed by atoms with Crippen LogP contribution in [0.5, 0.6) is 0 Å². The molecule has 0 aliphatic rings. The fourth-order valence-electron chi connectivity index (χ4n) is 1.96. The molecule has 3 aromatic rings. The zero-order valence-corrected chi connectivity index (χ0v) is 12.8. The second-order valence-electron chi connectivity index (χ2n) is 4.86. The van der Waals surface area contributed by atoms with Crippen LogP contribution in [0.2, 0.25) is 0 Å². The van der Waals surface area contributed by atoms with Gasteiger partial charge in [-0.1, -0.05) is 42.5 Å². The van der Waals surface area contributed by atoms with Gasteiger partial charge in [-0.15, -0.1) is 11.3 Å². The van der Waals surface area contributed by atoms with Crippen molar-refractivity contribution >= 4 is 21.4 Å². The molecule has 2 aromatic carbocycles. The van der Waals surface area contributed by atoms with Gasteiger partial charge >= 0.3 is 0 Å². The van der Waals surface area contributed by atoms with E-state index in [9.17, 15) is 0 Å². The van der Waals surface area contributed by atoms with E-state index < -0.39 is 0 Å². The second kappa shape index (κ2) is 6.03. The van der Waals surface area contributed by atoms with Crippen molar-refractivity contribution in [2.45, 2.75) is 27.7 Å². The first kappa shape index (κ1) is 13.8. The van der Waals surface area contributed by atoms with Gasteiger partial charge in [0.1, 0.15) is 0 Å². The van der Waals surface area contributed by atoms with Crippen molar-refractivity contribution in [2.75, 3.05) is 0 Å². The quantitative estimate of drug-likeness (QED) is 0.482. The molecule has 0 saturated carbocycles. The maximum atomic E-state index is 2.19. The van der Waals surface area contributed by atoms with E-state index in [2.05, 4.69) is 76.2 Å². The third kappa shape index (κ3) is 3.24. The van der Waals surface area contributed by atoms with Gasteiger partial charge in [0.15, 0.2) is 0 Å². The second-order valence-corrected chi connectivity index (χ2v) is 6.12. The molecule has 1 aromatic heterocycles. The Morgan fingerprint density at radius 3 is 1.74 bits per heavy atom. The number of hydrogen-bond acceptors (Lipinski definition) is 1. The molecule has 0 atom stereocenters. The lowest BCUT2D eigenvalue weighted by molar-refractivity contribution is 1.34. The third-order valence-corrected chi connectivity index (χ3v) is 4.70. The molecule has 0 bridgehead atoms. The Bertz CT molecular complexity index is 656. The van der Waals surface area contributed by atoms with Crippen LogP contribution in [0.1, 0.15) is 21.6 Å². The molecule has 19 heavy (non-hydrogen) atoms. The molecule has 0 N–H and O–H groups in total. The van der Waals surface area contributed by atoms with Crippen LogP contribution in [-0.2, 0) is 0 Å². The first-order valence-corrected chi connectivity index (χ1v) is 7.38. The number of thiophene rings is 1. The monoisotopic (exact) mass is 268 g/mol. The fourth-order valence-corrected chi connectivity index (χ4v) is 3.03. The SMILES string of the molecule is Cc1ccccc1C.Cc1sc2ccccc2c1C. The minimum absolute atomic E-state index is 1.37. The zero-order valence-electron chi connectivity index (χ0n) is 12.0. The van der Waals surface area contributed by atoms with Crippen molar-refractivity contribution in [3.05, 3.63) is 70.1 Å². The summed E-state index contributed by atoms with van der Waals surface area (Å²) in [6.45, 7) is 8.61. The van der Waals surface area contributed by atoms with Crippen LogP contribution >= 0.6 is 11.3 Å². The van der Waals surface area contributed by atoms with E-state index >= 15 is 0 Å². The first-order valence-electron chi connectivity index (χ1n) is 6.56. The van der Waals surface area contributed by atoms with Gasteiger partial charge in [-0.05, 0) is 55.8 Å². The molecule has 1 heteroatoms. The van der Waals surface area contributed by atoms with E-state index in [0.29, 0.717) is 0 Å². The molecule has 1 heterocycles. The van der Waals surface area contributed by atoms with Gasteiger partial charge in [-0.2, -0.15) is 0 Å². The van der Waals surface area contributed by atoms with Crippen molar-refractivity contribution in [1.82, 2.24) is 0 Å². The lowest BCUT2D eigenvalue weighted by atomic mass is 10.1. The highest BCUT2D eigenvalue weighted by Gasteiger charge is 2.01. The summed E-state index contributed by atoms with van der Waals surface area (Å²) in [5, 5.41) is 1.41. The standard InChI is InChI=1S/C10H10S.C8H10/c1-7-8(2)11-10-6-4-3-5-9(7)10;1-7-5-3-4-6-8(7)2/h3-6H,1-2H3;3-6H,1-2H3. The van der Waals surface area contributed by atoms with Crippen molar-refractivity contribution in [1.29, 1.82) is 0 Å². The summed E-state index contributed by atoms with van der Waals surface area (Å²) >= 11 is 1.88. The van der Waals surface area contributed by atoms with Gasteiger partial charge in [-0.3, -0.25) is 0 Å². The molecule has 0 radical (unpaired) electrons. The highest BCUT2D eigenvalue weighted by atomic mass is 32.1. The molecular formula is C18H20S. The summed E-state index contributed by atoms with van der Waals surface area (Å²) in [5.41, 5.74) is 4.17. The summed E-state index contributed by atoms with van der Waals surface area (Å²) in [6, 6.07) is 16.9. The third-order valence-electron chi connectivity index (χ3n) is 3.51. The van der Waals surface area contributed by atoms with Gasteiger partial charge in [0.2, 0.25) is 0 Å². The van der Waals surface area contributed by atoms with Gasteiger partial charge in [0, 0.05) is 9.58 Å². The number of aryl methyl sites for hydroxylation is 4. The Hall–Kier alpha value is -1.60. The maximum Gasteiger partial charge on any atom is 0.0348 e. The fraction of sp³-hybridized carbons (Fsp3) is 0.222. The van der Waals surface area contributed by atoms with Crippen LogP contribution in [-0.4, -0.2) is 0 Å². The zero-order chi connectivity index (χ0) is 13.8. The van der Waals surface area contributed by atoms with Crippen LogP contribution in [0, 0.1) is 27.7 Å². The molecule has 0 spiro atoms. The average molecular weight is 268 g/mol. The van der Waals surface area contributed by atoms with E-state index in [1.807, 2.05) is 11.3 Å². The minimum Gasteiger partial charge on any atom is -0.140 e. The summed E-state index contributed by atoms with van der Waals surface area (Å²) in [6.07, 6.45) is 0. The first-order chi connectivity index (χ1) is 9.09. The molecule has 0 aliphatic heterocycles. The number of benzene rings is 2. The Labute approximate surface area is 119 Å². The van der Waals surface area contributed by atoms with Crippen molar-refractivity contribution < 1.29 is 0 Å². The largest absolute Gasteiger partial charge is 0.140 e. The van der Waals surface area contributed by atoms with Gasteiger partial charge in [0.25, 0.3) is 0 Å². The van der Waals surface area contributed by atoms with Crippen molar-refractivity contribution in [3.8, 4) is 0 Å². The molecule has 3 rings (SSSR count). The number of fused-ring (bicyclic) bond motifs is 1. The van der Waals surface area contributed by atoms with Crippen LogP contribution in [0.4, 0.5) is 0 Å². The highest BCUT2D eigenvalue weighted by molar-refractivity contribution is 7.19. The van der Waals surface area contributed by atoms with Gasteiger partial charge in [-0.25, -0.2) is 0 Å². The Kier molecular flexibility index (Phi) is 4.39. The Balaban J connectivity index is 0.000000148. The molecule has 0 unspecified atom stereocenters. The van der Waals surface area contributed by atoms with Crippen LogP contribution in [0.3, 0.4) is 0 Å². The van der Waals surface area contributed by atoms with Crippen molar-refractivity contribution in [3.63, 3.8) is 0 Å². The van der Waals surface area contributed by atoms with Gasteiger partial charge in [0.05, 0.1) is 0 Å². The minimum atomic E-state index is 1.37. The smallest absolute Gasteiger partial charge is 0.0348 e. The summed E-state index contributed by atoms with van der Waals surface area (Å²) in [7, 11) is 0. The van der Waals surface area contributed by atoms with Crippen molar-refractivity contribution in [2.24, 2.45) is 0 Å². The van der Waals surface area contributed by atoms with E-state index in [1.165, 1.54) is 31.7 Å². The maximum absolute atomic E-state index is 2.19. The van der Waals surface area contributed by atoms with Gasteiger partial charge < -0.3 is 0 Å². The molecular weight excluding hydrogens is 248 g/mol. The van der Waals surface area contributed by atoms with Crippen LogP contribution in [0.25, 0.3) is 10.1 Å². The average Bonchev–Trinajstić information content (AvgIpc) is 2.70. The topological polar surface area (TPSA) is 0 Å².